The Labute approximate surface area is 122 Å². The van der Waals surface area contributed by atoms with Gasteiger partial charge in [-0.05, 0) is 30.7 Å². The average Bonchev–Trinajstić information content (AvgIpc) is 2.44. The van der Waals surface area contributed by atoms with E-state index in [1.807, 2.05) is 37.3 Å². The number of anilines is 1. The second-order valence-corrected chi connectivity index (χ2v) is 4.54. The maximum absolute atomic E-state index is 11.6. The Morgan fingerprint density at radius 1 is 1.25 bits per heavy atom. The number of amides is 2. The van der Waals surface area contributed by atoms with Crippen molar-refractivity contribution in [1.82, 2.24) is 10.3 Å². The van der Waals surface area contributed by atoms with Gasteiger partial charge in [-0.25, -0.2) is 9.78 Å². The van der Waals surface area contributed by atoms with Crippen molar-refractivity contribution in [3.05, 3.63) is 65.1 Å². The number of urea groups is 1. The largest absolute Gasteiger partial charge is 0.323 e. The summed E-state index contributed by atoms with van der Waals surface area (Å²) in [5.41, 5.74) is 2.67. The predicted octanol–water partition coefficient (Wildman–Crippen LogP) is 3.84. The molecule has 0 saturated carbocycles. The van der Waals surface area contributed by atoms with Crippen molar-refractivity contribution in [3.63, 3.8) is 0 Å². The van der Waals surface area contributed by atoms with Gasteiger partial charge in [0, 0.05) is 12.4 Å². The highest BCUT2D eigenvalue weighted by molar-refractivity contribution is 6.32. The van der Waals surface area contributed by atoms with E-state index in [4.69, 9.17) is 11.6 Å². The number of aryl methyl sites for hydroxylation is 1. The molecule has 5 heteroatoms. The molecule has 2 aromatic rings. The van der Waals surface area contributed by atoms with Gasteiger partial charge in [0.05, 0.1) is 5.69 Å². The van der Waals surface area contributed by atoms with Crippen LogP contribution in [-0.2, 0) is 0 Å². The van der Waals surface area contributed by atoms with Crippen LogP contribution >= 0.6 is 11.6 Å². The van der Waals surface area contributed by atoms with E-state index < -0.39 is 0 Å². The fourth-order valence-electron chi connectivity index (χ4n) is 1.53. The highest BCUT2D eigenvalue weighted by Crippen LogP contribution is 2.16. The van der Waals surface area contributed by atoms with E-state index in [0.29, 0.717) is 5.69 Å². The van der Waals surface area contributed by atoms with Crippen LogP contribution in [0, 0.1) is 6.92 Å². The van der Waals surface area contributed by atoms with Crippen molar-refractivity contribution >= 4 is 29.4 Å². The SMILES string of the molecule is Cc1ccc(/C=C/NC(=O)Nc2cccnc2Cl)cc1. The summed E-state index contributed by atoms with van der Waals surface area (Å²) in [4.78, 5) is 15.5. The van der Waals surface area contributed by atoms with Crippen LogP contribution in [0.25, 0.3) is 6.08 Å². The number of hydrogen-bond acceptors (Lipinski definition) is 2. The molecule has 0 radical (unpaired) electrons. The van der Waals surface area contributed by atoms with Crippen molar-refractivity contribution in [2.45, 2.75) is 6.92 Å². The third kappa shape index (κ3) is 4.10. The number of nitrogens with one attached hydrogen (secondary N) is 2. The Kier molecular flexibility index (Phi) is 4.74. The van der Waals surface area contributed by atoms with Crippen LogP contribution < -0.4 is 10.6 Å². The van der Waals surface area contributed by atoms with Crippen molar-refractivity contribution in [1.29, 1.82) is 0 Å². The zero-order chi connectivity index (χ0) is 14.4. The third-order valence-corrected chi connectivity index (χ3v) is 2.88. The van der Waals surface area contributed by atoms with E-state index in [-0.39, 0.29) is 11.2 Å². The topological polar surface area (TPSA) is 54.0 Å². The molecule has 0 unspecified atom stereocenters. The Morgan fingerprint density at radius 2 is 2.00 bits per heavy atom. The summed E-state index contributed by atoms with van der Waals surface area (Å²) < 4.78 is 0. The summed E-state index contributed by atoms with van der Waals surface area (Å²) in [6, 6.07) is 11.0. The lowest BCUT2D eigenvalue weighted by Gasteiger charge is -2.05. The van der Waals surface area contributed by atoms with Crippen LogP contribution in [0.3, 0.4) is 0 Å². The second-order valence-electron chi connectivity index (χ2n) is 4.18. The first kappa shape index (κ1) is 14.1. The van der Waals surface area contributed by atoms with Gasteiger partial charge in [-0.1, -0.05) is 41.4 Å². The lowest BCUT2D eigenvalue weighted by atomic mass is 10.1. The number of pyridine rings is 1. The summed E-state index contributed by atoms with van der Waals surface area (Å²) in [6.45, 7) is 2.02. The zero-order valence-corrected chi connectivity index (χ0v) is 11.7. The first-order valence-electron chi connectivity index (χ1n) is 6.06. The van der Waals surface area contributed by atoms with Crippen molar-refractivity contribution < 1.29 is 4.79 Å². The molecule has 0 bridgehead atoms. The molecule has 2 rings (SSSR count). The Bertz CT molecular complexity index is 623. The fourth-order valence-corrected chi connectivity index (χ4v) is 1.70. The predicted molar refractivity (Wildman–Crippen MR) is 81.6 cm³/mol. The molecule has 0 saturated heterocycles. The molecular weight excluding hydrogens is 274 g/mol. The number of aromatic nitrogens is 1. The molecule has 2 amide bonds. The number of hydrogen-bond donors (Lipinski definition) is 2. The van der Waals surface area contributed by atoms with Crippen LogP contribution in [0.1, 0.15) is 11.1 Å². The molecule has 1 heterocycles. The monoisotopic (exact) mass is 287 g/mol. The van der Waals surface area contributed by atoms with E-state index in [1.54, 1.807) is 24.5 Å². The summed E-state index contributed by atoms with van der Waals surface area (Å²) >= 11 is 5.84. The first-order valence-corrected chi connectivity index (χ1v) is 6.44. The second kappa shape index (κ2) is 6.73. The summed E-state index contributed by atoms with van der Waals surface area (Å²) in [5, 5.41) is 5.47. The van der Waals surface area contributed by atoms with Crippen LogP contribution in [0.2, 0.25) is 5.15 Å². The summed E-state index contributed by atoms with van der Waals surface area (Å²) in [6.07, 6.45) is 4.94. The lowest BCUT2D eigenvalue weighted by Crippen LogP contribution is -2.23. The van der Waals surface area contributed by atoms with Gasteiger partial charge in [-0.15, -0.1) is 0 Å². The standard InChI is InChI=1S/C15H14ClN3O/c1-11-4-6-12(7-5-11)8-10-18-15(20)19-13-3-2-9-17-14(13)16/h2-10H,1H3,(H2,18,19,20)/b10-8+. The van der Waals surface area contributed by atoms with E-state index >= 15 is 0 Å². The van der Waals surface area contributed by atoms with Crippen molar-refractivity contribution in [2.75, 3.05) is 5.32 Å². The number of nitrogens with zero attached hydrogens (tertiary/aromatic N) is 1. The quantitative estimate of drug-likeness (QED) is 0.843. The van der Waals surface area contributed by atoms with Gasteiger partial charge in [0.2, 0.25) is 0 Å². The number of carbonyl (C=O) groups is 1. The van der Waals surface area contributed by atoms with E-state index in [0.717, 1.165) is 5.56 Å². The van der Waals surface area contributed by atoms with Crippen LogP contribution in [0.15, 0.2) is 48.8 Å². The number of benzene rings is 1. The van der Waals surface area contributed by atoms with Crippen molar-refractivity contribution in [3.8, 4) is 0 Å². The van der Waals surface area contributed by atoms with Gasteiger partial charge in [0.15, 0.2) is 5.15 Å². The van der Waals surface area contributed by atoms with E-state index in [1.165, 1.54) is 5.56 Å². The van der Waals surface area contributed by atoms with Gasteiger partial charge >= 0.3 is 6.03 Å². The zero-order valence-electron chi connectivity index (χ0n) is 10.9. The Morgan fingerprint density at radius 3 is 2.70 bits per heavy atom. The molecule has 102 valence electrons. The molecule has 0 aliphatic heterocycles. The van der Waals surface area contributed by atoms with Gasteiger partial charge in [0.1, 0.15) is 0 Å². The fraction of sp³-hybridized carbons (Fsp3) is 0.0667. The smallest absolute Gasteiger partial charge is 0.314 e. The molecular formula is C15H14ClN3O. The van der Waals surface area contributed by atoms with Gasteiger partial charge in [-0.3, -0.25) is 0 Å². The number of halogens is 1. The molecule has 1 aromatic carbocycles. The first-order chi connectivity index (χ1) is 9.65. The Balaban J connectivity index is 1.89. The van der Waals surface area contributed by atoms with Gasteiger partial charge < -0.3 is 10.6 Å². The molecule has 2 N–H and O–H groups in total. The van der Waals surface area contributed by atoms with Gasteiger partial charge in [-0.2, -0.15) is 0 Å². The lowest BCUT2D eigenvalue weighted by molar-refractivity contribution is 0.255. The molecule has 0 aliphatic carbocycles. The minimum Gasteiger partial charge on any atom is -0.314 e. The molecule has 4 nitrogen and oxygen atoms in total. The highest BCUT2D eigenvalue weighted by Gasteiger charge is 2.03. The van der Waals surface area contributed by atoms with Crippen LogP contribution in [-0.4, -0.2) is 11.0 Å². The Hall–Kier alpha value is -2.33. The van der Waals surface area contributed by atoms with Gasteiger partial charge in [0.25, 0.3) is 0 Å². The third-order valence-electron chi connectivity index (χ3n) is 2.57. The molecule has 0 atom stereocenters. The maximum atomic E-state index is 11.6. The average molecular weight is 288 g/mol. The molecule has 0 aliphatic rings. The molecule has 1 aromatic heterocycles. The summed E-state index contributed by atoms with van der Waals surface area (Å²) in [5.74, 6) is 0. The van der Waals surface area contributed by atoms with Crippen LogP contribution in [0.4, 0.5) is 10.5 Å². The minimum atomic E-state index is -0.372. The minimum absolute atomic E-state index is 0.255. The maximum Gasteiger partial charge on any atom is 0.323 e. The van der Waals surface area contributed by atoms with Crippen molar-refractivity contribution in [2.24, 2.45) is 0 Å². The summed E-state index contributed by atoms with van der Waals surface area (Å²) in [7, 11) is 0. The number of rotatable bonds is 3. The van der Waals surface area contributed by atoms with E-state index in [9.17, 15) is 4.79 Å². The van der Waals surface area contributed by atoms with Crippen LogP contribution in [0.5, 0.6) is 0 Å². The molecule has 0 fully saturated rings. The normalized spacial score (nSPS) is 10.5. The number of carbonyl (C=O) groups excluding carboxylic acids is 1. The molecule has 20 heavy (non-hydrogen) atoms. The molecule has 0 spiro atoms. The highest BCUT2D eigenvalue weighted by atomic mass is 35.5. The van der Waals surface area contributed by atoms with E-state index in [2.05, 4.69) is 15.6 Å².